The summed E-state index contributed by atoms with van der Waals surface area (Å²) in [6, 6.07) is 2.04. The maximum absolute atomic E-state index is 8.27. The first-order valence-electron chi connectivity index (χ1n) is 3.31. The summed E-state index contributed by atoms with van der Waals surface area (Å²) in [6.45, 7) is 1.70. The third kappa shape index (κ3) is 5.04. The molecule has 0 spiro atoms. The molecule has 0 unspecified atom stereocenters. The van der Waals surface area contributed by atoms with Crippen LogP contribution in [-0.2, 0) is 0 Å². The van der Waals surface area contributed by atoms with Crippen LogP contribution < -0.4 is 0 Å². The molecular formula is C9H10N2. The average Bonchev–Trinajstić information content (AvgIpc) is 2.01. The van der Waals surface area contributed by atoms with Crippen LogP contribution >= 0.6 is 0 Å². The van der Waals surface area contributed by atoms with Crippen molar-refractivity contribution in [3.8, 4) is 30.8 Å². The Kier molecular flexibility index (Phi) is 5.82. The number of nitrogens with zero attached hydrogens (tertiary/aromatic N) is 2. The quantitative estimate of drug-likeness (QED) is 0.539. The van der Waals surface area contributed by atoms with Crippen LogP contribution in [0.25, 0.3) is 0 Å². The van der Waals surface area contributed by atoms with E-state index in [4.69, 9.17) is 18.1 Å². The Balaban J connectivity index is 3.65. The average molecular weight is 146 g/mol. The van der Waals surface area contributed by atoms with Gasteiger partial charge < -0.3 is 0 Å². The van der Waals surface area contributed by atoms with Crippen LogP contribution in [0.1, 0.15) is 6.42 Å². The largest absolute Gasteiger partial charge is 0.280 e. The maximum Gasteiger partial charge on any atom is 0.0635 e. The number of terminal acetylenes is 2. The van der Waals surface area contributed by atoms with E-state index in [9.17, 15) is 0 Å². The van der Waals surface area contributed by atoms with Crippen molar-refractivity contribution in [2.75, 3.05) is 19.6 Å². The highest BCUT2D eigenvalue weighted by Gasteiger charge is 1.98. The zero-order valence-corrected chi connectivity index (χ0v) is 6.38. The van der Waals surface area contributed by atoms with Crippen LogP contribution in [-0.4, -0.2) is 24.5 Å². The highest BCUT2D eigenvalue weighted by Crippen LogP contribution is 1.88. The summed E-state index contributed by atoms with van der Waals surface area (Å²) in [4.78, 5) is 1.88. The minimum Gasteiger partial charge on any atom is -0.280 e. The molecule has 0 aromatic heterocycles. The summed E-state index contributed by atoms with van der Waals surface area (Å²) in [5.74, 6) is 4.96. The van der Waals surface area contributed by atoms with E-state index in [2.05, 4.69) is 11.8 Å². The van der Waals surface area contributed by atoms with E-state index in [0.29, 0.717) is 26.1 Å². The van der Waals surface area contributed by atoms with Gasteiger partial charge in [0.1, 0.15) is 0 Å². The van der Waals surface area contributed by atoms with Crippen LogP contribution in [0.2, 0.25) is 0 Å². The van der Waals surface area contributed by atoms with Crippen molar-refractivity contribution in [2.24, 2.45) is 0 Å². The highest BCUT2D eigenvalue weighted by molar-refractivity contribution is 4.95. The van der Waals surface area contributed by atoms with E-state index in [0.717, 1.165) is 0 Å². The van der Waals surface area contributed by atoms with Crippen molar-refractivity contribution in [3.63, 3.8) is 0 Å². The molecule has 0 aliphatic heterocycles. The van der Waals surface area contributed by atoms with E-state index in [1.54, 1.807) is 0 Å². The van der Waals surface area contributed by atoms with Crippen molar-refractivity contribution in [1.82, 2.24) is 4.90 Å². The van der Waals surface area contributed by atoms with Crippen LogP contribution in [0.5, 0.6) is 0 Å². The predicted molar refractivity (Wildman–Crippen MR) is 44.3 cm³/mol. The van der Waals surface area contributed by atoms with Gasteiger partial charge in [-0.2, -0.15) is 5.26 Å². The van der Waals surface area contributed by atoms with Crippen molar-refractivity contribution in [2.45, 2.75) is 6.42 Å². The van der Waals surface area contributed by atoms with Crippen molar-refractivity contribution in [1.29, 1.82) is 5.26 Å². The monoisotopic (exact) mass is 146 g/mol. The minimum absolute atomic E-state index is 0.476. The molecule has 0 radical (unpaired) electrons. The molecule has 0 heterocycles. The summed E-state index contributed by atoms with van der Waals surface area (Å²) in [5.41, 5.74) is 0. The van der Waals surface area contributed by atoms with Crippen LogP contribution in [0, 0.1) is 36.0 Å². The maximum atomic E-state index is 8.27. The molecule has 56 valence electrons. The fourth-order valence-electron chi connectivity index (χ4n) is 0.680. The first-order chi connectivity index (χ1) is 5.35. The van der Waals surface area contributed by atoms with E-state index in [1.165, 1.54) is 0 Å². The molecule has 0 bridgehead atoms. The van der Waals surface area contributed by atoms with Crippen molar-refractivity contribution in [3.05, 3.63) is 0 Å². The summed E-state index contributed by atoms with van der Waals surface area (Å²) < 4.78 is 0. The molecule has 0 saturated carbocycles. The molecular weight excluding hydrogens is 136 g/mol. The first kappa shape index (κ1) is 9.57. The fraction of sp³-hybridized carbons (Fsp3) is 0.444. The lowest BCUT2D eigenvalue weighted by molar-refractivity contribution is 0.354. The fourth-order valence-corrected chi connectivity index (χ4v) is 0.680. The van der Waals surface area contributed by atoms with Crippen molar-refractivity contribution < 1.29 is 0 Å². The van der Waals surface area contributed by atoms with Crippen LogP contribution in [0.15, 0.2) is 0 Å². The minimum atomic E-state index is 0.476. The predicted octanol–water partition coefficient (Wildman–Crippen LogP) is 0.468. The van der Waals surface area contributed by atoms with Gasteiger partial charge in [-0.1, -0.05) is 11.8 Å². The molecule has 11 heavy (non-hydrogen) atoms. The van der Waals surface area contributed by atoms with Gasteiger partial charge in [-0.15, -0.1) is 12.8 Å². The number of hydrogen-bond acceptors (Lipinski definition) is 2. The first-order valence-corrected chi connectivity index (χ1v) is 3.31. The van der Waals surface area contributed by atoms with Gasteiger partial charge in [0.05, 0.1) is 19.2 Å². The number of nitriles is 1. The van der Waals surface area contributed by atoms with Gasteiger partial charge in [0.2, 0.25) is 0 Å². The molecule has 0 N–H and O–H groups in total. The zero-order chi connectivity index (χ0) is 8.53. The number of rotatable bonds is 4. The zero-order valence-electron chi connectivity index (χ0n) is 6.38. The van der Waals surface area contributed by atoms with Crippen LogP contribution in [0.4, 0.5) is 0 Å². The Morgan fingerprint density at radius 3 is 2.09 bits per heavy atom. The number of hydrogen-bond donors (Lipinski definition) is 0. The second-order valence-electron chi connectivity index (χ2n) is 2.03. The van der Waals surface area contributed by atoms with Crippen LogP contribution in [0.3, 0.4) is 0 Å². The highest BCUT2D eigenvalue weighted by atomic mass is 15.1. The van der Waals surface area contributed by atoms with Gasteiger partial charge in [-0.05, 0) is 0 Å². The van der Waals surface area contributed by atoms with Gasteiger partial charge in [0.25, 0.3) is 0 Å². The Morgan fingerprint density at radius 2 is 1.73 bits per heavy atom. The molecule has 0 aromatic rings. The molecule has 0 fully saturated rings. The molecule has 0 aliphatic rings. The molecule has 0 amide bonds. The van der Waals surface area contributed by atoms with Crippen molar-refractivity contribution >= 4 is 0 Å². The third-order valence-corrected chi connectivity index (χ3v) is 1.17. The van der Waals surface area contributed by atoms with E-state index < -0.39 is 0 Å². The Hall–Kier alpha value is -1.43. The van der Waals surface area contributed by atoms with E-state index in [1.807, 2.05) is 11.0 Å². The summed E-state index contributed by atoms with van der Waals surface area (Å²) >= 11 is 0. The smallest absolute Gasteiger partial charge is 0.0635 e. The van der Waals surface area contributed by atoms with E-state index in [-0.39, 0.29) is 0 Å². The summed E-state index contributed by atoms with van der Waals surface area (Å²) in [5, 5.41) is 8.27. The van der Waals surface area contributed by atoms with Gasteiger partial charge in [-0.25, -0.2) is 0 Å². The molecule has 0 aromatic carbocycles. The topological polar surface area (TPSA) is 27.0 Å². The van der Waals surface area contributed by atoms with Gasteiger partial charge >= 0.3 is 0 Å². The molecule has 2 nitrogen and oxygen atoms in total. The Bertz CT molecular complexity index is 195. The molecule has 0 atom stereocenters. The van der Waals surface area contributed by atoms with Gasteiger partial charge in [0.15, 0.2) is 0 Å². The molecule has 0 saturated heterocycles. The Morgan fingerprint density at radius 1 is 1.18 bits per heavy atom. The lowest BCUT2D eigenvalue weighted by Crippen LogP contribution is -2.25. The lowest BCUT2D eigenvalue weighted by atomic mass is 10.4. The SMILES string of the molecule is C#CCN(CC#C)CCC#N. The Labute approximate surface area is 67.8 Å². The summed E-state index contributed by atoms with van der Waals surface area (Å²) in [7, 11) is 0. The third-order valence-electron chi connectivity index (χ3n) is 1.17. The molecule has 0 aliphatic carbocycles. The normalized spacial score (nSPS) is 8.18. The molecule has 0 rings (SSSR count). The van der Waals surface area contributed by atoms with Gasteiger partial charge in [0, 0.05) is 13.0 Å². The second-order valence-corrected chi connectivity index (χ2v) is 2.03. The summed E-state index contributed by atoms with van der Waals surface area (Å²) in [6.07, 6.45) is 10.7. The standard InChI is InChI=1S/C9H10N2/c1-3-7-11(8-4-2)9-5-6-10/h1-2H,5,7-9H2. The second kappa shape index (κ2) is 6.69. The lowest BCUT2D eigenvalue weighted by Gasteiger charge is -2.13. The van der Waals surface area contributed by atoms with Gasteiger partial charge in [-0.3, -0.25) is 4.90 Å². The molecule has 2 heteroatoms. The van der Waals surface area contributed by atoms with E-state index >= 15 is 0 Å².